The molecule has 2 aromatic rings. The first-order valence-electron chi connectivity index (χ1n) is 8.75. The van der Waals surface area contributed by atoms with Crippen LogP contribution in [0.5, 0.6) is 5.75 Å². The van der Waals surface area contributed by atoms with Gasteiger partial charge in [0.25, 0.3) is 0 Å². The van der Waals surface area contributed by atoms with Crippen molar-refractivity contribution in [3.8, 4) is 5.75 Å². The molecule has 1 aromatic heterocycles. The standard InChI is InChI=1S/C19H28N4OS.HI/c1-5-16-13-22-18(25-16)9-10-21-19(20-6-2)23-12-15-8-7-14(3)17(11-15)24-4;/h7-8,11,13H,5-6,9-10,12H2,1-4H3,(H2,20,21,23);1H. The molecular formula is C19H29IN4OS. The number of aliphatic imine (C=N–C) groups is 1. The minimum absolute atomic E-state index is 0. The minimum atomic E-state index is 0. The van der Waals surface area contributed by atoms with E-state index in [4.69, 9.17) is 4.74 Å². The molecule has 0 amide bonds. The number of aromatic nitrogens is 1. The molecule has 0 aliphatic rings. The molecule has 2 N–H and O–H groups in total. The molecule has 0 radical (unpaired) electrons. The van der Waals surface area contributed by atoms with Crippen molar-refractivity contribution < 1.29 is 4.74 Å². The lowest BCUT2D eigenvalue weighted by atomic mass is 10.1. The third kappa shape index (κ3) is 7.11. The van der Waals surface area contributed by atoms with Gasteiger partial charge in [-0.05, 0) is 37.5 Å². The fourth-order valence-electron chi connectivity index (χ4n) is 2.39. The summed E-state index contributed by atoms with van der Waals surface area (Å²) in [5.41, 5.74) is 2.27. The molecule has 0 saturated carbocycles. The maximum absolute atomic E-state index is 5.38. The quantitative estimate of drug-likeness (QED) is 0.336. The predicted molar refractivity (Wildman–Crippen MR) is 121 cm³/mol. The molecule has 0 aliphatic carbocycles. The van der Waals surface area contributed by atoms with Crippen LogP contribution >= 0.6 is 35.3 Å². The topological polar surface area (TPSA) is 58.5 Å². The zero-order valence-electron chi connectivity index (χ0n) is 16.0. The average molecular weight is 488 g/mol. The van der Waals surface area contributed by atoms with Crippen molar-refractivity contribution in [1.82, 2.24) is 15.6 Å². The molecular weight excluding hydrogens is 459 g/mol. The fourth-order valence-corrected chi connectivity index (χ4v) is 3.25. The Morgan fingerprint density at radius 1 is 1.27 bits per heavy atom. The highest BCUT2D eigenvalue weighted by molar-refractivity contribution is 14.0. The van der Waals surface area contributed by atoms with Gasteiger partial charge < -0.3 is 15.4 Å². The van der Waals surface area contributed by atoms with Crippen LogP contribution in [-0.4, -0.2) is 31.1 Å². The molecule has 0 atom stereocenters. The molecule has 0 unspecified atom stereocenters. The highest BCUT2D eigenvalue weighted by Crippen LogP contribution is 2.19. The number of nitrogens with one attached hydrogen (secondary N) is 2. The van der Waals surface area contributed by atoms with Crippen LogP contribution in [0.1, 0.15) is 34.9 Å². The van der Waals surface area contributed by atoms with Gasteiger partial charge in [0.15, 0.2) is 5.96 Å². The second kappa shape index (κ2) is 12.1. The molecule has 2 rings (SSSR count). The third-order valence-electron chi connectivity index (χ3n) is 3.82. The number of aryl methyl sites for hydroxylation is 2. The van der Waals surface area contributed by atoms with Gasteiger partial charge in [-0.25, -0.2) is 9.98 Å². The van der Waals surface area contributed by atoms with Crippen LogP contribution in [-0.2, 0) is 19.4 Å². The van der Waals surface area contributed by atoms with Gasteiger partial charge in [-0.3, -0.25) is 0 Å². The van der Waals surface area contributed by atoms with Crippen molar-refractivity contribution in [2.75, 3.05) is 20.2 Å². The van der Waals surface area contributed by atoms with Gasteiger partial charge in [0.2, 0.25) is 0 Å². The first-order valence-corrected chi connectivity index (χ1v) is 9.57. The van der Waals surface area contributed by atoms with Crippen LogP contribution in [0.25, 0.3) is 0 Å². The SMILES string of the molecule is CCNC(=NCc1ccc(C)c(OC)c1)NCCc1ncc(CC)s1.I. The second-order valence-electron chi connectivity index (χ2n) is 5.75. The molecule has 1 heterocycles. The van der Waals surface area contributed by atoms with Crippen LogP contribution in [0.3, 0.4) is 0 Å². The Morgan fingerprint density at radius 3 is 2.73 bits per heavy atom. The van der Waals surface area contributed by atoms with Gasteiger partial charge >= 0.3 is 0 Å². The van der Waals surface area contributed by atoms with Crippen LogP contribution in [0.4, 0.5) is 0 Å². The van der Waals surface area contributed by atoms with E-state index in [0.29, 0.717) is 6.54 Å². The van der Waals surface area contributed by atoms with E-state index in [-0.39, 0.29) is 24.0 Å². The van der Waals surface area contributed by atoms with Crippen molar-refractivity contribution in [3.05, 3.63) is 45.4 Å². The fraction of sp³-hybridized carbons (Fsp3) is 0.474. The minimum Gasteiger partial charge on any atom is -0.496 e. The van der Waals surface area contributed by atoms with Gasteiger partial charge in [-0.1, -0.05) is 19.1 Å². The molecule has 144 valence electrons. The van der Waals surface area contributed by atoms with Crippen LogP contribution in [0.2, 0.25) is 0 Å². The third-order valence-corrected chi connectivity index (χ3v) is 5.02. The lowest BCUT2D eigenvalue weighted by Gasteiger charge is -2.11. The van der Waals surface area contributed by atoms with E-state index in [9.17, 15) is 0 Å². The van der Waals surface area contributed by atoms with E-state index in [1.807, 2.05) is 19.2 Å². The van der Waals surface area contributed by atoms with E-state index in [0.717, 1.165) is 48.8 Å². The maximum atomic E-state index is 5.38. The number of ether oxygens (including phenoxy) is 1. The number of halogens is 1. The van der Waals surface area contributed by atoms with Crippen molar-refractivity contribution in [2.24, 2.45) is 4.99 Å². The van der Waals surface area contributed by atoms with Crippen molar-refractivity contribution in [1.29, 1.82) is 0 Å². The Balaban J connectivity index is 0.00000338. The molecule has 1 aromatic carbocycles. The monoisotopic (exact) mass is 488 g/mol. The second-order valence-corrected chi connectivity index (χ2v) is 6.95. The molecule has 0 bridgehead atoms. The number of rotatable bonds is 8. The largest absolute Gasteiger partial charge is 0.496 e. The summed E-state index contributed by atoms with van der Waals surface area (Å²) in [6.45, 7) is 8.54. The summed E-state index contributed by atoms with van der Waals surface area (Å²) >= 11 is 1.79. The summed E-state index contributed by atoms with van der Waals surface area (Å²) in [6, 6.07) is 6.20. The number of guanidine groups is 1. The summed E-state index contributed by atoms with van der Waals surface area (Å²) in [5, 5.41) is 7.84. The lowest BCUT2D eigenvalue weighted by molar-refractivity contribution is 0.411. The number of nitrogens with zero attached hydrogens (tertiary/aromatic N) is 2. The summed E-state index contributed by atoms with van der Waals surface area (Å²) in [6.07, 6.45) is 3.94. The first kappa shape index (κ1) is 22.7. The van der Waals surface area contributed by atoms with Crippen LogP contribution in [0.15, 0.2) is 29.4 Å². The summed E-state index contributed by atoms with van der Waals surface area (Å²) < 4.78 is 5.38. The van der Waals surface area contributed by atoms with E-state index in [2.05, 4.69) is 46.6 Å². The Labute approximate surface area is 177 Å². The molecule has 0 saturated heterocycles. The molecule has 7 heteroatoms. The van der Waals surface area contributed by atoms with Gasteiger partial charge in [-0.2, -0.15) is 0 Å². The summed E-state index contributed by atoms with van der Waals surface area (Å²) in [4.78, 5) is 10.5. The molecule has 5 nitrogen and oxygen atoms in total. The number of hydrogen-bond donors (Lipinski definition) is 2. The Bertz CT molecular complexity index is 703. The summed E-state index contributed by atoms with van der Waals surface area (Å²) in [7, 11) is 1.70. The molecule has 0 fully saturated rings. The van der Waals surface area contributed by atoms with Gasteiger partial charge in [0, 0.05) is 30.6 Å². The Morgan fingerprint density at radius 2 is 2.08 bits per heavy atom. The summed E-state index contributed by atoms with van der Waals surface area (Å²) in [5.74, 6) is 1.73. The van der Waals surface area contributed by atoms with E-state index >= 15 is 0 Å². The zero-order chi connectivity index (χ0) is 18.1. The number of hydrogen-bond acceptors (Lipinski definition) is 4. The van der Waals surface area contributed by atoms with Gasteiger partial charge in [0.05, 0.1) is 18.7 Å². The lowest BCUT2D eigenvalue weighted by Crippen LogP contribution is -2.38. The Hall–Kier alpha value is -1.35. The van der Waals surface area contributed by atoms with Gasteiger partial charge in [-0.15, -0.1) is 35.3 Å². The average Bonchev–Trinajstić information content (AvgIpc) is 3.08. The predicted octanol–water partition coefficient (Wildman–Crippen LogP) is 3.94. The highest BCUT2D eigenvalue weighted by Gasteiger charge is 2.03. The zero-order valence-corrected chi connectivity index (χ0v) is 19.1. The Kier molecular flexibility index (Phi) is 10.6. The van der Waals surface area contributed by atoms with Crippen molar-refractivity contribution in [2.45, 2.75) is 40.2 Å². The van der Waals surface area contributed by atoms with Gasteiger partial charge in [0.1, 0.15) is 5.75 Å². The van der Waals surface area contributed by atoms with Crippen molar-refractivity contribution in [3.63, 3.8) is 0 Å². The normalized spacial score (nSPS) is 11.0. The van der Waals surface area contributed by atoms with E-state index in [1.165, 1.54) is 9.88 Å². The number of methoxy groups -OCH3 is 1. The maximum Gasteiger partial charge on any atom is 0.191 e. The van der Waals surface area contributed by atoms with Crippen molar-refractivity contribution >= 4 is 41.3 Å². The van der Waals surface area contributed by atoms with Crippen LogP contribution in [0, 0.1) is 6.92 Å². The molecule has 0 spiro atoms. The van der Waals surface area contributed by atoms with Crippen LogP contribution < -0.4 is 15.4 Å². The number of thiazole rings is 1. The van der Waals surface area contributed by atoms with E-state index in [1.54, 1.807) is 18.4 Å². The molecule has 0 aliphatic heterocycles. The molecule has 26 heavy (non-hydrogen) atoms. The number of benzene rings is 1. The van der Waals surface area contributed by atoms with E-state index < -0.39 is 0 Å². The first-order chi connectivity index (χ1) is 12.2. The highest BCUT2D eigenvalue weighted by atomic mass is 127. The smallest absolute Gasteiger partial charge is 0.191 e.